The smallest absolute Gasteiger partial charge is 0.191 e. The number of hydrogen-bond donors (Lipinski definition) is 2. The van der Waals surface area contributed by atoms with Crippen molar-refractivity contribution in [3.63, 3.8) is 0 Å². The van der Waals surface area contributed by atoms with Gasteiger partial charge in [-0.05, 0) is 31.0 Å². The van der Waals surface area contributed by atoms with Gasteiger partial charge in [0.1, 0.15) is 0 Å². The Morgan fingerprint density at radius 1 is 1.18 bits per heavy atom. The summed E-state index contributed by atoms with van der Waals surface area (Å²) in [6.45, 7) is 4.78. The van der Waals surface area contributed by atoms with E-state index < -0.39 is 0 Å². The summed E-state index contributed by atoms with van der Waals surface area (Å²) in [4.78, 5) is 4.19. The number of aliphatic imine (C=N–C) groups is 1. The minimum atomic E-state index is 0.617. The molecule has 0 aromatic heterocycles. The van der Waals surface area contributed by atoms with E-state index in [2.05, 4.69) is 15.6 Å². The van der Waals surface area contributed by atoms with E-state index in [1.165, 1.54) is 0 Å². The lowest BCUT2D eigenvalue weighted by Crippen LogP contribution is -2.37. The standard InChI is InChI=1S/C16H27N3O3/c1-5-22-14-8-7-13(11-15(14)21-4)12-19-16(17-2)18-9-6-10-20-3/h7-8,11H,5-6,9-10,12H2,1-4H3,(H2,17,18,19). The molecule has 0 aliphatic heterocycles. The second kappa shape index (κ2) is 10.7. The summed E-state index contributed by atoms with van der Waals surface area (Å²) in [6.07, 6.45) is 0.939. The van der Waals surface area contributed by atoms with Crippen molar-refractivity contribution in [2.45, 2.75) is 19.9 Å². The lowest BCUT2D eigenvalue weighted by Gasteiger charge is -2.14. The Bertz CT molecular complexity index is 464. The first kappa shape index (κ1) is 18.1. The van der Waals surface area contributed by atoms with Gasteiger partial charge < -0.3 is 24.8 Å². The molecule has 1 aromatic rings. The van der Waals surface area contributed by atoms with Crippen molar-refractivity contribution in [1.82, 2.24) is 10.6 Å². The van der Waals surface area contributed by atoms with E-state index in [0.717, 1.165) is 42.6 Å². The van der Waals surface area contributed by atoms with Crippen LogP contribution < -0.4 is 20.1 Å². The highest BCUT2D eigenvalue weighted by Crippen LogP contribution is 2.27. The van der Waals surface area contributed by atoms with Crippen LogP contribution in [0.1, 0.15) is 18.9 Å². The lowest BCUT2D eigenvalue weighted by molar-refractivity contribution is 0.195. The van der Waals surface area contributed by atoms with Crippen molar-refractivity contribution in [1.29, 1.82) is 0 Å². The van der Waals surface area contributed by atoms with E-state index in [0.29, 0.717) is 13.2 Å². The Labute approximate surface area is 132 Å². The molecule has 124 valence electrons. The molecule has 0 aliphatic carbocycles. The van der Waals surface area contributed by atoms with Crippen LogP contribution in [-0.2, 0) is 11.3 Å². The molecule has 6 nitrogen and oxygen atoms in total. The Morgan fingerprint density at radius 3 is 2.64 bits per heavy atom. The van der Waals surface area contributed by atoms with Gasteiger partial charge in [0.2, 0.25) is 0 Å². The fraction of sp³-hybridized carbons (Fsp3) is 0.562. The summed E-state index contributed by atoms with van der Waals surface area (Å²) >= 11 is 0. The fourth-order valence-electron chi connectivity index (χ4n) is 1.93. The van der Waals surface area contributed by atoms with E-state index in [9.17, 15) is 0 Å². The molecule has 1 rings (SSSR count). The maximum atomic E-state index is 5.51. The SMILES string of the molecule is CCOc1ccc(CNC(=NC)NCCCOC)cc1OC. The van der Waals surface area contributed by atoms with Crippen LogP contribution in [0.3, 0.4) is 0 Å². The Balaban J connectivity index is 2.52. The molecule has 22 heavy (non-hydrogen) atoms. The minimum absolute atomic E-state index is 0.617. The van der Waals surface area contributed by atoms with Crippen LogP contribution >= 0.6 is 0 Å². The van der Waals surface area contributed by atoms with E-state index in [1.807, 2.05) is 25.1 Å². The number of hydrogen-bond acceptors (Lipinski definition) is 4. The molecule has 0 saturated heterocycles. The maximum Gasteiger partial charge on any atom is 0.191 e. The van der Waals surface area contributed by atoms with Gasteiger partial charge in [-0.2, -0.15) is 0 Å². The van der Waals surface area contributed by atoms with Gasteiger partial charge in [-0.3, -0.25) is 4.99 Å². The summed E-state index contributed by atoms with van der Waals surface area (Å²) in [5.41, 5.74) is 1.10. The van der Waals surface area contributed by atoms with Crippen LogP contribution in [0.15, 0.2) is 23.2 Å². The highest BCUT2D eigenvalue weighted by Gasteiger charge is 2.06. The molecule has 0 fully saturated rings. The maximum absolute atomic E-state index is 5.51. The number of benzene rings is 1. The molecule has 6 heteroatoms. The molecule has 2 N–H and O–H groups in total. The predicted octanol–water partition coefficient (Wildman–Crippen LogP) is 1.80. The van der Waals surface area contributed by atoms with Gasteiger partial charge >= 0.3 is 0 Å². The van der Waals surface area contributed by atoms with Crippen LogP contribution in [0.4, 0.5) is 0 Å². The van der Waals surface area contributed by atoms with Gasteiger partial charge in [0.05, 0.1) is 13.7 Å². The molecular weight excluding hydrogens is 282 g/mol. The quantitative estimate of drug-likeness (QED) is 0.414. The van der Waals surface area contributed by atoms with Gasteiger partial charge in [0.15, 0.2) is 17.5 Å². The van der Waals surface area contributed by atoms with Gasteiger partial charge in [-0.15, -0.1) is 0 Å². The third-order valence-electron chi connectivity index (χ3n) is 3.03. The zero-order valence-electron chi connectivity index (χ0n) is 13.9. The molecule has 0 heterocycles. The highest BCUT2D eigenvalue weighted by atomic mass is 16.5. The molecule has 0 saturated carbocycles. The average Bonchev–Trinajstić information content (AvgIpc) is 2.55. The number of guanidine groups is 1. The zero-order valence-corrected chi connectivity index (χ0v) is 13.9. The second-order valence-electron chi connectivity index (χ2n) is 4.62. The van der Waals surface area contributed by atoms with Crippen LogP contribution in [0.25, 0.3) is 0 Å². The number of rotatable bonds is 9. The van der Waals surface area contributed by atoms with E-state index in [4.69, 9.17) is 14.2 Å². The van der Waals surface area contributed by atoms with Gasteiger partial charge in [-0.1, -0.05) is 6.07 Å². The number of nitrogens with zero attached hydrogens (tertiary/aromatic N) is 1. The van der Waals surface area contributed by atoms with Gasteiger partial charge in [0.25, 0.3) is 0 Å². The Morgan fingerprint density at radius 2 is 2.00 bits per heavy atom. The Kier molecular flexibility index (Phi) is 8.83. The predicted molar refractivity (Wildman–Crippen MR) is 88.9 cm³/mol. The van der Waals surface area contributed by atoms with E-state index in [1.54, 1.807) is 21.3 Å². The molecule has 0 unspecified atom stereocenters. The van der Waals surface area contributed by atoms with E-state index >= 15 is 0 Å². The molecular formula is C16H27N3O3. The lowest BCUT2D eigenvalue weighted by atomic mass is 10.2. The monoisotopic (exact) mass is 309 g/mol. The molecule has 0 aliphatic rings. The first-order chi connectivity index (χ1) is 10.7. The van der Waals surface area contributed by atoms with Crippen molar-refractivity contribution < 1.29 is 14.2 Å². The summed E-state index contributed by atoms with van der Waals surface area (Å²) < 4.78 is 15.9. The van der Waals surface area contributed by atoms with Crippen LogP contribution in [0, 0.1) is 0 Å². The number of nitrogens with one attached hydrogen (secondary N) is 2. The third-order valence-corrected chi connectivity index (χ3v) is 3.03. The largest absolute Gasteiger partial charge is 0.493 e. The van der Waals surface area contributed by atoms with Crippen molar-refractivity contribution in [2.24, 2.45) is 4.99 Å². The molecule has 0 atom stereocenters. The molecule has 0 radical (unpaired) electrons. The normalized spacial score (nSPS) is 11.2. The molecule has 1 aromatic carbocycles. The minimum Gasteiger partial charge on any atom is -0.493 e. The van der Waals surface area contributed by atoms with Crippen LogP contribution in [0.5, 0.6) is 11.5 Å². The van der Waals surface area contributed by atoms with Crippen molar-refractivity contribution in [3.05, 3.63) is 23.8 Å². The number of methoxy groups -OCH3 is 2. The second-order valence-corrected chi connectivity index (χ2v) is 4.62. The number of ether oxygens (including phenoxy) is 3. The first-order valence-corrected chi connectivity index (χ1v) is 7.48. The summed E-state index contributed by atoms with van der Waals surface area (Å²) in [6, 6.07) is 5.91. The first-order valence-electron chi connectivity index (χ1n) is 7.48. The third kappa shape index (κ3) is 6.22. The van der Waals surface area contributed by atoms with Gasteiger partial charge in [-0.25, -0.2) is 0 Å². The zero-order chi connectivity index (χ0) is 16.2. The van der Waals surface area contributed by atoms with Gasteiger partial charge in [0, 0.05) is 33.9 Å². The Hall–Kier alpha value is -1.95. The van der Waals surface area contributed by atoms with Crippen molar-refractivity contribution >= 4 is 5.96 Å². The topological polar surface area (TPSA) is 64.1 Å². The summed E-state index contributed by atoms with van der Waals surface area (Å²) in [7, 11) is 5.10. The fourth-order valence-corrected chi connectivity index (χ4v) is 1.93. The molecule has 0 bridgehead atoms. The van der Waals surface area contributed by atoms with Crippen LogP contribution in [0.2, 0.25) is 0 Å². The molecule has 0 amide bonds. The molecule has 0 spiro atoms. The summed E-state index contributed by atoms with van der Waals surface area (Å²) in [5, 5.41) is 6.50. The summed E-state index contributed by atoms with van der Waals surface area (Å²) in [5.74, 6) is 2.27. The van der Waals surface area contributed by atoms with Crippen molar-refractivity contribution in [3.8, 4) is 11.5 Å². The van der Waals surface area contributed by atoms with Crippen molar-refractivity contribution in [2.75, 3.05) is 41.0 Å². The highest BCUT2D eigenvalue weighted by molar-refractivity contribution is 5.79. The average molecular weight is 309 g/mol. The van der Waals surface area contributed by atoms with Crippen LogP contribution in [-0.4, -0.2) is 47.0 Å². The van der Waals surface area contributed by atoms with E-state index in [-0.39, 0.29) is 0 Å².